The molecule has 2 aromatic rings. The highest BCUT2D eigenvalue weighted by Gasteiger charge is 2.39. The molecule has 8 nitrogen and oxygen atoms in total. The van der Waals surface area contributed by atoms with Crippen LogP contribution in [0.25, 0.3) is 0 Å². The van der Waals surface area contributed by atoms with Gasteiger partial charge < -0.3 is 19.9 Å². The van der Waals surface area contributed by atoms with Crippen molar-refractivity contribution in [3.05, 3.63) is 41.8 Å². The molecule has 3 rings (SSSR count). The molecule has 1 aliphatic heterocycles. The molecule has 0 unspecified atom stereocenters. The SMILES string of the molecule is CC[C@@H](O)[C@H]1COC(=O)N1c1ccnc(N[C@@H](C)c2ccc(OC(F)F)c(F)c2)n1. The molecule has 1 aliphatic rings. The third-order valence-corrected chi connectivity index (χ3v) is 4.67. The van der Waals surface area contributed by atoms with Gasteiger partial charge in [-0.3, -0.25) is 4.90 Å². The summed E-state index contributed by atoms with van der Waals surface area (Å²) in [6, 6.07) is 4.08. The quantitative estimate of drug-likeness (QED) is 0.667. The third kappa shape index (κ3) is 4.73. The third-order valence-electron chi connectivity index (χ3n) is 4.67. The van der Waals surface area contributed by atoms with E-state index < -0.39 is 42.5 Å². The number of alkyl halides is 2. The van der Waals surface area contributed by atoms with Gasteiger partial charge in [0.25, 0.3) is 0 Å². The van der Waals surface area contributed by atoms with Gasteiger partial charge in [-0.1, -0.05) is 13.0 Å². The molecule has 1 fully saturated rings. The number of carbonyl (C=O) groups excluding carboxylic acids is 1. The molecule has 1 aromatic carbocycles. The second-order valence-electron chi connectivity index (χ2n) is 6.66. The van der Waals surface area contributed by atoms with E-state index in [0.717, 1.165) is 12.1 Å². The number of cyclic esters (lactones) is 1. The van der Waals surface area contributed by atoms with Crippen molar-refractivity contribution in [3.63, 3.8) is 0 Å². The van der Waals surface area contributed by atoms with Crippen LogP contribution in [0.4, 0.5) is 29.7 Å². The zero-order valence-electron chi connectivity index (χ0n) is 16.3. The molecule has 2 N–H and O–H groups in total. The molecule has 1 aromatic heterocycles. The molecule has 1 amide bonds. The molecule has 2 heterocycles. The molecule has 0 bridgehead atoms. The van der Waals surface area contributed by atoms with E-state index in [4.69, 9.17) is 4.74 Å². The van der Waals surface area contributed by atoms with Crippen LogP contribution in [0, 0.1) is 5.82 Å². The van der Waals surface area contributed by atoms with Gasteiger partial charge in [-0.25, -0.2) is 14.2 Å². The van der Waals surface area contributed by atoms with Crippen LogP contribution >= 0.6 is 0 Å². The summed E-state index contributed by atoms with van der Waals surface area (Å²) >= 11 is 0. The minimum atomic E-state index is -3.12. The van der Waals surface area contributed by atoms with E-state index in [1.54, 1.807) is 13.8 Å². The molecule has 0 spiro atoms. The van der Waals surface area contributed by atoms with Gasteiger partial charge in [0.2, 0.25) is 5.95 Å². The number of aromatic nitrogens is 2. The van der Waals surface area contributed by atoms with E-state index in [0.29, 0.717) is 12.0 Å². The van der Waals surface area contributed by atoms with E-state index >= 15 is 0 Å². The first-order valence-corrected chi connectivity index (χ1v) is 9.28. The maximum Gasteiger partial charge on any atom is 0.416 e. The summed E-state index contributed by atoms with van der Waals surface area (Å²) in [7, 11) is 0. The number of carbonyl (C=O) groups is 1. The van der Waals surface area contributed by atoms with Gasteiger partial charge in [-0.15, -0.1) is 0 Å². The zero-order valence-corrected chi connectivity index (χ0v) is 16.3. The van der Waals surface area contributed by atoms with Crippen LogP contribution in [-0.4, -0.2) is 46.5 Å². The van der Waals surface area contributed by atoms with Crippen molar-refractivity contribution < 1.29 is 32.5 Å². The van der Waals surface area contributed by atoms with E-state index in [1.165, 1.54) is 23.2 Å². The number of halogens is 3. The monoisotopic (exact) mass is 426 g/mol. The fourth-order valence-electron chi connectivity index (χ4n) is 3.06. The lowest BCUT2D eigenvalue weighted by molar-refractivity contribution is -0.0522. The lowest BCUT2D eigenvalue weighted by atomic mass is 10.1. The lowest BCUT2D eigenvalue weighted by Crippen LogP contribution is -2.42. The second-order valence-corrected chi connectivity index (χ2v) is 6.66. The minimum absolute atomic E-state index is 0.0450. The summed E-state index contributed by atoms with van der Waals surface area (Å²) in [5.41, 5.74) is 0.447. The van der Waals surface area contributed by atoms with Crippen LogP contribution in [0.2, 0.25) is 0 Å². The number of ether oxygens (including phenoxy) is 2. The highest BCUT2D eigenvalue weighted by atomic mass is 19.3. The Morgan fingerprint density at radius 1 is 1.40 bits per heavy atom. The fourth-order valence-corrected chi connectivity index (χ4v) is 3.06. The van der Waals surface area contributed by atoms with Crippen molar-refractivity contribution >= 4 is 17.9 Å². The molecule has 0 saturated carbocycles. The Kier molecular flexibility index (Phi) is 6.60. The van der Waals surface area contributed by atoms with Gasteiger partial charge in [0.05, 0.1) is 12.1 Å². The maximum atomic E-state index is 14.0. The fraction of sp³-hybridized carbons (Fsp3) is 0.421. The predicted octanol–water partition coefficient (Wildman–Crippen LogP) is 3.49. The lowest BCUT2D eigenvalue weighted by Gasteiger charge is -2.24. The van der Waals surface area contributed by atoms with Crippen molar-refractivity contribution in [2.45, 2.75) is 45.1 Å². The number of hydrogen-bond donors (Lipinski definition) is 2. The van der Waals surface area contributed by atoms with Gasteiger partial charge in [0, 0.05) is 6.20 Å². The molecular formula is C19H21F3N4O4. The van der Waals surface area contributed by atoms with Crippen LogP contribution in [0.1, 0.15) is 31.9 Å². The van der Waals surface area contributed by atoms with Crippen molar-refractivity contribution in [1.82, 2.24) is 9.97 Å². The van der Waals surface area contributed by atoms with E-state index in [-0.39, 0.29) is 18.4 Å². The molecule has 30 heavy (non-hydrogen) atoms. The summed E-state index contributed by atoms with van der Waals surface area (Å²) in [5, 5.41) is 13.1. The molecule has 11 heteroatoms. The van der Waals surface area contributed by atoms with E-state index in [1.807, 2.05) is 0 Å². The van der Waals surface area contributed by atoms with Crippen LogP contribution in [-0.2, 0) is 4.74 Å². The largest absolute Gasteiger partial charge is 0.447 e. The Hall–Kier alpha value is -3.08. The first-order chi connectivity index (χ1) is 14.3. The highest BCUT2D eigenvalue weighted by Crippen LogP contribution is 2.27. The summed E-state index contributed by atoms with van der Waals surface area (Å²) in [5.74, 6) is -1.08. The molecule has 0 radical (unpaired) electrons. The molecule has 0 aliphatic carbocycles. The maximum absolute atomic E-state index is 14.0. The van der Waals surface area contributed by atoms with Gasteiger partial charge in [0.1, 0.15) is 18.5 Å². The molecular weight excluding hydrogens is 405 g/mol. The van der Waals surface area contributed by atoms with E-state index in [9.17, 15) is 23.1 Å². The Labute approximate surface area is 170 Å². The Morgan fingerprint density at radius 3 is 2.83 bits per heavy atom. The van der Waals surface area contributed by atoms with Crippen LogP contribution in [0.3, 0.4) is 0 Å². The smallest absolute Gasteiger partial charge is 0.416 e. The summed E-state index contributed by atoms with van der Waals surface area (Å²) in [4.78, 5) is 21.8. The van der Waals surface area contributed by atoms with E-state index in [2.05, 4.69) is 20.0 Å². The average molecular weight is 426 g/mol. The van der Waals surface area contributed by atoms with Gasteiger partial charge in [0.15, 0.2) is 11.6 Å². The molecule has 3 atom stereocenters. The number of hydrogen-bond acceptors (Lipinski definition) is 7. The predicted molar refractivity (Wildman–Crippen MR) is 101 cm³/mol. The number of aliphatic hydroxyl groups excluding tert-OH is 1. The first-order valence-electron chi connectivity index (χ1n) is 9.28. The Bertz CT molecular complexity index is 902. The average Bonchev–Trinajstić information content (AvgIpc) is 3.10. The normalized spacial score (nSPS) is 18.3. The zero-order chi connectivity index (χ0) is 21.8. The second kappa shape index (κ2) is 9.16. The van der Waals surface area contributed by atoms with Gasteiger partial charge in [-0.2, -0.15) is 13.8 Å². The number of nitrogens with zero attached hydrogens (tertiary/aromatic N) is 3. The number of aliphatic hydroxyl groups is 1. The number of amides is 1. The van der Waals surface area contributed by atoms with Gasteiger partial charge in [-0.05, 0) is 37.1 Å². The van der Waals surface area contributed by atoms with Crippen molar-refractivity contribution in [2.24, 2.45) is 0 Å². The number of rotatable bonds is 8. The summed E-state index contributed by atoms with van der Waals surface area (Å²) in [6.45, 7) is 0.413. The molecule has 1 saturated heterocycles. The van der Waals surface area contributed by atoms with Crippen molar-refractivity contribution in [2.75, 3.05) is 16.8 Å². The number of nitrogens with one attached hydrogen (secondary N) is 1. The summed E-state index contributed by atoms with van der Waals surface area (Å²) < 4.78 is 47.6. The van der Waals surface area contributed by atoms with Crippen LogP contribution in [0.15, 0.2) is 30.5 Å². The molecule has 162 valence electrons. The minimum Gasteiger partial charge on any atom is -0.447 e. The number of benzene rings is 1. The summed E-state index contributed by atoms with van der Waals surface area (Å²) in [6.07, 6.45) is 0.459. The first kappa shape index (κ1) is 21.6. The Balaban J connectivity index is 1.76. The topological polar surface area (TPSA) is 96.8 Å². The van der Waals surface area contributed by atoms with Gasteiger partial charge >= 0.3 is 12.7 Å². The van der Waals surface area contributed by atoms with Crippen molar-refractivity contribution in [1.29, 1.82) is 0 Å². The van der Waals surface area contributed by atoms with Crippen molar-refractivity contribution in [3.8, 4) is 5.75 Å². The Morgan fingerprint density at radius 2 is 2.17 bits per heavy atom. The highest BCUT2D eigenvalue weighted by molar-refractivity contribution is 5.89. The number of anilines is 2. The standard InChI is InChI=1S/C19H21F3N4O4/c1-3-14(27)13-9-29-19(28)26(13)16-6-7-23-18(25-16)24-10(2)11-4-5-15(12(20)8-11)30-17(21)22/h4-8,10,13-14,17,27H,3,9H2,1-2H3,(H,23,24,25)/t10-,13+,14+/m0/s1. The van der Waals surface area contributed by atoms with Crippen LogP contribution in [0.5, 0.6) is 5.75 Å². The van der Waals surface area contributed by atoms with Crippen LogP contribution < -0.4 is 15.0 Å².